The van der Waals surface area contributed by atoms with Crippen molar-refractivity contribution in [3.05, 3.63) is 70.9 Å². The topological polar surface area (TPSA) is 99.2 Å². The van der Waals surface area contributed by atoms with Gasteiger partial charge in [0.1, 0.15) is 23.4 Å². The van der Waals surface area contributed by atoms with Gasteiger partial charge < -0.3 is 24.0 Å². The van der Waals surface area contributed by atoms with Gasteiger partial charge in [-0.3, -0.25) is 9.69 Å². The minimum atomic E-state index is -0.111. The molecule has 186 valence electrons. The molecule has 2 N–H and O–H groups in total. The highest BCUT2D eigenvalue weighted by Gasteiger charge is 2.26. The van der Waals surface area contributed by atoms with Crippen LogP contribution in [-0.2, 0) is 11.3 Å². The molecule has 0 saturated carbocycles. The highest BCUT2D eigenvalue weighted by Crippen LogP contribution is 2.35. The van der Waals surface area contributed by atoms with Crippen molar-refractivity contribution < 1.29 is 13.9 Å². The van der Waals surface area contributed by atoms with Gasteiger partial charge in [0.25, 0.3) is 0 Å². The minimum absolute atomic E-state index is 0.111. The fourth-order valence-electron chi connectivity index (χ4n) is 5.25. The van der Waals surface area contributed by atoms with E-state index < -0.39 is 0 Å². The van der Waals surface area contributed by atoms with Crippen LogP contribution in [-0.4, -0.2) is 47.1 Å². The van der Waals surface area contributed by atoms with Crippen molar-refractivity contribution in [2.75, 3.05) is 32.1 Å². The van der Waals surface area contributed by atoms with E-state index in [2.05, 4.69) is 39.6 Å². The van der Waals surface area contributed by atoms with E-state index >= 15 is 0 Å². The predicted octanol–water partition coefficient (Wildman–Crippen LogP) is 4.93. The van der Waals surface area contributed by atoms with Gasteiger partial charge in [0.2, 0.25) is 5.91 Å². The Balaban J connectivity index is 1.25. The number of amides is 1. The number of benzene rings is 1. The molecule has 3 aromatic heterocycles. The molecule has 8 heteroatoms. The van der Waals surface area contributed by atoms with Gasteiger partial charge in [0, 0.05) is 22.8 Å². The highest BCUT2D eigenvalue weighted by molar-refractivity contribution is 5.93. The van der Waals surface area contributed by atoms with Gasteiger partial charge in [0.05, 0.1) is 32.0 Å². The zero-order valence-electron chi connectivity index (χ0n) is 20.9. The number of piperidine rings is 1. The number of fused-ring (bicyclic) bond motifs is 1. The molecule has 0 spiro atoms. The number of hydrogen-bond acceptors (Lipinski definition) is 5. The van der Waals surface area contributed by atoms with Crippen molar-refractivity contribution in [1.82, 2.24) is 14.5 Å². The Hall–Kier alpha value is -3.96. The van der Waals surface area contributed by atoms with Gasteiger partial charge in [0.15, 0.2) is 0 Å². The summed E-state index contributed by atoms with van der Waals surface area (Å²) in [5.41, 5.74) is 4.74. The summed E-state index contributed by atoms with van der Waals surface area (Å²) in [6.45, 7) is 6.30. The van der Waals surface area contributed by atoms with Gasteiger partial charge in [-0.1, -0.05) is 0 Å². The van der Waals surface area contributed by atoms with Crippen LogP contribution in [0.3, 0.4) is 0 Å². The van der Waals surface area contributed by atoms with Crippen LogP contribution in [0, 0.1) is 25.2 Å². The molecule has 1 amide bonds. The van der Waals surface area contributed by atoms with Crippen molar-refractivity contribution in [1.29, 1.82) is 5.26 Å². The SMILES string of the molecule is COc1ccc2[nH]cc(C3CCN(CC(=O)Nc4c(C#N)c(C)c(C)n4Cc4ccco4)CC3)c2c1. The molecule has 4 aromatic rings. The number of carbonyl (C=O) groups excluding carboxylic acids is 1. The van der Waals surface area contributed by atoms with E-state index in [0.29, 0.717) is 30.4 Å². The Morgan fingerprint density at radius 2 is 2.08 bits per heavy atom. The van der Waals surface area contributed by atoms with Crippen LogP contribution in [0.4, 0.5) is 5.82 Å². The molecular weight excluding hydrogens is 454 g/mol. The van der Waals surface area contributed by atoms with Crippen LogP contribution in [0.25, 0.3) is 10.9 Å². The molecule has 1 aliphatic rings. The highest BCUT2D eigenvalue weighted by atomic mass is 16.5. The Morgan fingerprint density at radius 3 is 2.78 bits per heavy atom. The normalized spacial score (nSPS) is 14.7. The number of furan rings is 1. The third kappa shape index (κ3) is 4.50. The fraction of sp³-hybridized carbons (Fsp3) is 0.357. The fourth-order valence-corrected chi connectivity index (χ4v) is 5.25. The van der Waals surface area contributed by atoms with Gasteiger partial charge in [-0.15, -0.1) is 0 Å². The molecule has 5 rings (SSSR count). The smallest absolute Gasteiger partial charge is 0.239 e. The maximum Gasteiger partial charge on any atom is 0.239 e. The van der Waals surface area contributed by atoms with E-state index in [9.17, 15) is 10.1 Å². The van der Waals surface area contributed by atoms with Gasteiger partial charge in [-0.25, -0.2) is 0 Å². The van der Waals surface area contributed by atoms with Crippen LogP contribution in [0.15, 0.2) is 47.2 Å². The number of methoxy groups -OCH3 is 1. The summed E-state index contributed by atoms with van der Waals surface area (Å²) < 4.78 is 12.9. The van der Waals surface area contributed by atoms with Crippen molar-refractivity contribution in [2.24, 2.45) is 0 Å². The van der Waals surface area contributed by atoms with Crippen LogP contribution in [0.2, 0.25) is 0 Å². The predicted molar refractivity (Wildman–Crippen MR) is 138 cm³/mol. The average molecular weight is 486 g/mol. The summed E-state index contributed by atoms with van der Waals surface area (Å²) in [7, 11) is 1.69. The maximum atomic E-state index is 13.1. The van der Waals surface area contributed by atoms with E-state index in [-0.39, 0.29) is 5.91 Å². The zero-order chi connectivity index (χ0) is 25.2. The minimum Gasteiger partial charge on any atom is -0.497 e. The number of nitrogens with zero attached hydrogens (tertiary/aromatic N) is 3. The van der Waals surface area contributed by atoms with Crippen molar-refractivity contribution >= 4 is 22.6 Å². The average Bonchev–Trinajstić information content (AvgIpc) is 3.60. The Labute approximate surface area is 210 Å². The third-order valence-corrected chi connectivity index (χ3v) is 7.41. The van der Waals surface area contributed by atoms with E-state index in [4.69, 9.17) is 9.15 Å². The molecule has 1 fully saturated rings. The molecule has 0 aliphatic carbocycles. The first-order chi connectivity index (χ1) is 17.5. The number of aromatic nitrogens is 2. The lowest BCUT2D eigenvalue weighted by Gasteiger charge is -2.31. The van der Waals surface area contributed by atoms with E-state index in [1.807, 2.05) is 36.6 Å². The zero-order valence-corrected chi connectivity index (χ0v) is 20.9. The summed E-state index contributed by atoms with van der Waals surface area (Å²) in [6, 6.07) is 12.1. The number of anilines is 1. The van der Waals surface area contributed by atoms with Crippen molar-refractivity contribution in [3.8, 4) is 11.8 Å². The molecule has 1 aromatic carbocycles. The largest absolute Gasteiger partial charge is 0.497 e. The lowest BCUT2D eigenvalue weighted by Crippen LogP contribution is -2.39. The Bertz CT molecular complexity index is 1420. The van der Waals surface area contributed by atoms with E-state index in [1.165, 1.54) is 10.9 Å². The number of rotatable bonds is 7. The quantitative estimate of drug-likeness (QED) is 0.387. The number of aromatic amines is 1. The first kappa shape index (κ1) is 23.8. The van der Waals surface area contributed by atoms with E-state index in [1.54, 1.807) is 13.4 Å². The van der Waals surface area contributed by atoms with Crippen LogP contribution < -0.4 is 10.1 Å². The van der Waals surface area contributed by atoms with Crippen molar-refractivity contribution in [3.63, 3.8) is 0 Å². The second-order valence-corrected chi connectivity index (χ2v) is 9.47. The first-order valence-electron chi connectivity index (χ1n) is 12.3. The number of hydrogen-bond donors (Lipinski definition) is 2. The molecule has 36 heavy (non-hydrogen) atoms. The summed E-state index contributed by atoms with van der Waals surface area (Å²) in [5, 5.41) is 14.0. The first-order valence-corrected chi connectivity index (χ1v) is 12.3. The molecule has 1 saturated heterocycles. The second-order valence-electron chi connectivity index (χ2n) is 9.47. The molecule has 8 nitrogen and oxygen atoms in total. The van der Waals surface area contributed by atoms with Crippen LogP contribution >= 0.6 is 0 Å². The molecular formula is C28H31N5O3. The number of ether oxygens (including phenoxy) is 1. The molecule has 4 heterocycles. The van der Waals surface area contributed by atoms with Crippen molar-refractivity contribution in [2.45, 2.75) is 39.2 Å². The van der Waals surface area contributed by atoms with Crippen LogP contribution in [0.5, 0.6) is 5.75 Å². The summed E-state index contributed by atoms with van der Waals surface area (Å²) in [6.07, 6.45) is 5.70. The Kier molecular flexibility index (Phi) is 6.57. The lowest BCUT2D eigenvalue weighted by atomic mass is 9.89. The molecule has 1 aliphatic heterocycles. The molecule has 0 bridgehead atoms. The van der Waals surface area contributed by atoms with Gasteiger partial charge >= 0.3 is 0 Å². The lowest BCUT2D eigenvalue weighted by molar-refractivity contribution is -0.117. The number of nitrogens with one attached hydrogen (secondary N) is 2. The molecule has 0 radical (unpaired) electrons. The van der Waals surface area contributed by atoms with Gasteiger partial charge in [-0.05, 0) is 87.2 Å². The third-order valence-electron chi connectivity index (χ3n) is 7.41. The molecule has 0 atom stereocenters. The molecule has 0 unspecified atom stereocenters. The van der Waals surface area contributed by atoms with Gasteiger partial charge in [-0.2, -0.15) is 5.26 Å². The second kappa shape index (κ2) is 9.96. The Morgan fingerprint density at radius 1 is 1.28 bits per heavy atom. The summed E-state index contributed by atoms with van der Waals surface area (Å²) in [5.74, 6) is 2.49. The standard InChI is InChI=1S/C28H31N5O3/c1-18-19(2)33(16-22-5-4-12-36-22)28(24(18)14-29)31-27(34)17-32-10-8-20(9-11-32)25-15-30-26-7-6-21(35-3)13-23(25)26/h4-7,12-13,15,20,30H,8-11,16-17H2,1-3H3,(H,31,34). The summed E-state index contributed by atoms with van der Waals surface area (Å²) in [4.78, 5) is 18.6. The monoisotopic (exact) mass is 485 g/mol. The van der Waals surface area contributed by atoms with E-state index in [0.717, 1.165) is 54.2 Å². The number of nitriles is 1. The van der Waals surface area contributed by atoms with Crippen LogP contribution in [0.1, 0.15) is 46.9 Å². The number of H-pyrrole nitrogens is 1. The summed E-state index contributed by atoms with van der Waals surface area (Å²) >= 11 is 0. The number of likely N-dealkylation sites (tertiary alicyclic amines) is 1. The number of carbonyl (C=O) groups is 1. The maximum absolute atomic E-state index is 13.1.